The standard InChI is InChI=1S/C19H27NO4S/c1-12(2)10-15-11-14(8-9-24-15)20-18(21)16-6-4-5-7-17(16)25-13(3)19(22)23/h4-7,12-15H,8-11H2,1-3H3,(H,20,21)(H,22,23). The van der Waals surface area contributed by atoms with Crippen molar-refractivity contribution < 1.29 is 19.4 Å². The van der Waals surface area contributed by atoms with Gasteiger partial charge >= 0.3 is 5.97 Å². The number of amides is 1. The maximum Gasteiger partial charge on any atom is 0.316 e. The van der Waals surface area contributed by atoms with E-state index in [0.717, 1.165) is 19.3 Å². The van der Waals surface area contributed by atoms with Gasteiger partial charge in [0, 0.05) is 17.5 Å². The van der Waals surface area contributed by atoms with Crippen molar-refractivity contribution in [2.24, 2.45) is 5.92 Å². The highest BCUT2D eigenvalue weighted by Crippen LogP contribution is 2.27. The summed E-state index contributed by atoms with van der Waals surface area (Å²) >= 11 is 1.19. The van der Waals surface area contributed by atoms with Gasteiger partial charge in [0.1, 0.15) is 5.25 Å². The molecule has 0 saturated carbocycles. The third kappa shape index (κ3) is 6.04. The van der Waals surface area contributed by atoms with E-state index in [9.17, 15) is 9.59 Å². The van der Waals surface area contributed by atoms with Gasteiger partial charge in [-0.15, -0.1) is 11.8 Å². The van der Waals surface area contributed by atoms with Crippen LogP contribution in [-0.4, -0.2) is 41.0 Å². The summed E-state index contributed by atoms with van der Waals surface area (Å²) in [5, 5.41) is 11.6. The van der Waals surface area contributed by atoms with Crippen LogP contribution in [0.4, 0.5) is 0 Å². The summed E-state index contributed by atoms with van der Waals surface area (Å²) in [7, 11) is 0. The molecule has 1 heterocycles. The molecule has 6 heteroatoms. The molecule has 1 amide bonds. The summed E-state index contributed by atoms with van der Waals surface area (Å²) in [5.74, 6) is -0.467. The van der Waals surface area contributed by atoms with E-state index in [1.165, 1.54) is 11.8 Å². The molecule has 1 fully saturated rings. The van der Waals surface area contributed by atoms with Crippen LogP contribution in [0.15, 0.2) is 29.2 Å². The van der Waals surface area contributed by atoms with Crippen LogP contribution in [0.3, 0.4) is 0 Å². The van der Waals surface area contributed by atoms with Crippen molar-refractivity contribution in [3.63, 3.8) is 0 Å². The Morgan fingerprint density at radius 1 is 1.32 bits per heavy atom. The van der Waals surface area contributed by atoms with E-state index in [2.05, 4.69) is 19.2 Å². The maximum absolute atomic E-state index is 12.7. The van der Waals surface area contributed by atoms with Crippen molar-refractivity contribution in [1.29, 1.82) is 0 Å². The minimum Gasteiger partial charge on any atom is -0.480 e. The van der Waals surface area contributed by atoms with Crippen LogP contribution in [0.2, 0.25) is 0 Å². The van der Waals surface area contributed by atoms with Gasteiger partial charge in [-0.2, -0.15) is 0 Å². The van der Waals surface area contributed by atoms with Gasteiger partial charge in [0.2, 0.25) is 0 Å². The van der Waals surface area contributed by atoms with E-state index >= 15 is 0 Å². The largest absolute Gasteiger partial charge is 0.480 e. The van der Waals surface area contributed by atoms with Gasteiger partial charge in [-0.05, 0) is 44.2 Å². The molecule has 3 atom stereocenters. The lowest BCUT2D eigenvalue weighted by atomic mass is 9.96. The number of thioether (sulfide) groups is 1. The Kier molecular flexibility index (Phi) is 7.32. The zero-order valence-electron chi connectivity index (χ0n) is 15.0. The SMILES string of the molecule is CC(C)CC1CC(NC(=O)c2ccccc2SC(C)C(=O)O)CCO1. The Hall–Kier alpha value is -1.53. The van der Waals surface area contributed by atoms with E-state index in [1.807, 2.05) is 6.07 Å². The second kappa shape index (κ2) is 9.25. The number of ether oxygens (including phenoxy) is 1. The fourth-order valence-corrected chi connectivity index (χ4v) is 3.89. The number of carbonyl (C=O) groups is 2. The number of aliphatic carboxylic acids is 1. The molecule has 138 valence electrons. The van der Waals surface area contributed by atoms with Gasteiger partial charge in [-0.1, -0.05) is 26.0 Å². The van der Waals surface area contributed by atoms with Crippen LogP contribution in [0.25, 0.3) is 0 Å². The lowest BCUT2D eigenvalue weighted by molar-refractivity contribution is -0.136. The second-order valence-electron chi connectivity index (χ2n) is 6.91. The molecule has 1 aliphatic rings. The third-order valence-electron chi connectivity index (χ3n) is 4.22. The number of carboxylic acid groups (broad SMARTS) is 1. The van der Waals surface area contributed by atoms with Gasteiger partial charge in [0.25, 0.3) is 5.91 Å². The number of nitrogens with one attached hydrogen (secondary N) is 1. The summed E-state index contributed by atoms with van der Waals surface area (Å²) < 4.78 is 5.79. The zero-order valence-corrected chi connectivity index (χ0v) is 15.8. The second-order valence-corrected chi connectivity index (χ2v) is 8.29. The smallest absolute Gasteiger partial charge is 0.316 e. The minimum atomic E-state index is -0.888. The molecular formula is C19H27NO4S. The maximum atomic E-state index is 12.7. The van der Waals surface area contributed by atoms with Gasteiger partial charge < -0.3 is 15.2 Å². The highest BCUT2D eigenvalue weighted by atomic mass is 32.2. The van der Waals surface area contributed by atoms with E-state index < -0.39 is 11.2 Å². The quantitative estimate of drug-likeness (QED) is 0.723. The highest BCUT2D eigenvalue weighted by Gasteiger charge is 2.26. The number of benzene rings is 1. The Labute approximate surface area is 153 Å². The van der Waals surface area contributed by atoms with Crippen molar-refractivity contribution in [3.05, 3.63) is 29.8 Å². The lowest BCUT2D eigenvalue weighted by Gasteiger charge is -2.31. The molecule has 25 heavy (non-hydrogen) atoms. The van der Waals surface area contributed by atoms with Crippen molar-refractivity contribution in [2.45, 2.75) is 62.3 Å². The van der Waals surface area contributed by atoms with Crippen LogP contribution in [-0.2, 0) is 9.53 Å². The minimum absolute atomic E-state index is 0.0972. The summed E-state index contributed by atoms with van der Waals surface area (Å²) in [5.41, 5.74) is 0.535. The third-order valence-corrected chi connectivity index (χ3v) is 5.39. The first-order chi connectivity index (χ1) is 11.9. The molecule has 0 bridgehead atoms. The molecule has 1 aliphatic heterocycles. The van der Waals surface area contributed by atoms with Crippen molar-refractivity contribution in [2.75, 3.05) is 6.61 Å². The van der Waals surface area contributed by atoms with E-state index in [-0.39, 0.29) is 18.1 Å². The van der Waals surface area contributed by atoms with Gasteiger partial charge in [-0.3, -0.25) is 9.59 Å². The van der Waals surface area contributed by atoms with Crippen LogP contribution in [0.1, 0.15) is 50.4 Å². The monoisotopic (exact) mass is 365 g/mol. The van der Waals surface area contributed by atoms with Crippen LogP contribution in [0.5, 0.6) is 0 Å². The van der Waals surface area contributed by atoms with E-state index in [1.54, 1.807) is 25.1 Å². The first-order valence-corrected chi connectivity index (χ1v) is 9.65. The molecule has 2 N–H and O–H groups in total. The number of hydrogen-bond acceptors (Lipinski definition) is 4. The molecule has 0 aromatic heterocycles. The molecule has 1 aromatic carbocycles. The zero-order chi connectivity index (χ0) is 18.4. The summed E-state index contributed by atoms with van der Waals surface area (Å²) in [6, 6.07) is 7.26. The molecule has 1 aromatic rings. The van der Waals surface area contributed by atoms with Gasteiger partial charge in [-0.25, -0.2) is 0 Å². The molecule has 2 rings (SSSR count). The van der Waals surface area contributed by atoms with Crippen LogP contribution >= 0.6 is 11.8 Å². The van der Waals surface area contributed by atoms with Crippen molar-refractivity contribution >= 4 is 23.6 Å². The molecule has 1 saturated heterocycles. The Morgan fingerprint density at radius 2 is 2.04 bits per heavy atom. The van der Waals surface area contributed by atoms with E-state index in [4.69, 9.17) is 9.84 Å². The van der Waals surface area contributed by atoms with Crippen molar-refractivity contribution in [1.82, 2.24) is 5.32 Å². The Bertz CT molecular complexity index is 605. The summed E-state index contributed by atoms with van der Waals surface area (Å²) in [6.07, 6.45) is 2.82. The van der Waals surface area contributed by atoms with Crippen LogP contribution < -0.4 is 5.32 Å². The lowest BCUT2D eigenvalue weighted by Crippen LogP contribution is -2.42. The molecule has 3 unspecified atom stereocenters. The molecule has 5 nitrogen and oxygen atoms in total. The fourth-order valence-electron chi connectivity index (χ4n) is 2.96. The first-order valence-electron chi connectivity index (χ1n) is 8.77. The van der Waals surface area contributed by atoms with Crippen LogP contribution in [0, 0.1) is 5.92 Å². The fraction of sp³-hybridized carbons (Fsp3) is 0.579. The summed E-state index contributed by atoms with van der Waals surface area (Å²) in [6.45, 7) is 6.62. The number of rotatable bonds is 7. The average molecular weight is 365 g/mol. The molecular weight excluding hydrogens is 338 g/mol. The first kappa shape index (κ1) is 19.8. The average Bonchev–Trinajstić information content (AvgIpc) is 2.54. The van der Waals surface area contributed by atoms with Gasteiger partial charge in [0.05, 0.1) is 11.7 Å². The van der Waals surface area contributed by atoms with Crippen molar-refractivity contribution in [3.8, 4) is 0 Å². The predicted molar refractivity (Wildman–Crippen MR) is 99.1 cm³/mol. The molecule has 0 radical (unpaired) electrons. The van der Waals surface area contributed by atoms with E-state index in [0.29, 0.717) is 23.0 Å². The normalized spacial score (nSPS) is 21.8. The predicted octanol–water partition coefficient (Wildman–Crippen LogP) is 3.58. The molecule has 0 spiro atoms. The topological polar surface area (TPSA) is 75.6 Å². The highest BCUT2D eigenvalue weighted by molar-refractivity contribution is 8.00. The number of carboxylic acids is 1. The number of carbonyl (C=O) groups excluding carboxylic acids is 1. The Morgan fingerprint density at radius 3 is 2.72 bits per heavy atom. The molecule has 0 aliphatic carbocycles. The Balaban J connectivity index is 2.02. The number of hydrogen-bond donors (Lipinski definition) is 2. The summed E-state index contributed by atoms with van der Waals surface area (Å²) in [4.78, 5) is 24.5. The van der Waals surface area contributed by atoms with Gasteiger partial charge in [0.15, 0.2) is 0 Å².